The van der Waals surface area contributed by atoms with Gasteiger partial charge in [-0.1, -0.05) is 30.3 Å². The Hall–Kier alpha value is -3.54. The van der Waals surface area contributed by atoms with E-state index in [1.54, 1.807) is 18.3 Å². The Morgan fingerprint density at radius 1 is 1.00 bits per heavy atom. The van der Waals surface area contributed by atoms with Gasteiger partial charge in [-0.25, -0.2) is 4.98 Å². The molecule has 1 aliphatic rings. The number of pyridine rings is 1. The van der Waals surface area contributed by atoms with Crippen LogP contribution in [-0.4, -0.2) is 24.2 Å². The second-order valence-electron chi connectivity index (χ2n) is 6.47. The number of benzene rings is 2. The normalized spacial score (nSPS) is 11.9. The van der Waals surface area contributed by atoms with Gasteiger partial charge in [-0.05, 0) is 42.7 Å². The fourth-order valence-corrected chi connectivity index (χ4v) is 3.00. The van der Waals surface area contributed by atoms with Crippen molar-refractivity contribution < 1.29 is 14.3 Å². The predicted molar refractivity (Wildman–Crippen MR) is 107 cm³/mol. The molecule has 6 heteroatoms. The van der Waals surface area contributed by atoms with Crippen LogP contribution in [0.4, 0.5) is 11.5 Å². The van der Waals surface area contributed by atoms with Crippen LogP contribution >= 0.6 is 0 Å². The first-order chi connectivity index (χ1) is 13.8. The molecule has 0 aliphatic carbocycles. The number of hydrogen-bond donors (Lipinski definition) is 2. The molecule has 142 valence electrons. The summed E-state index contributed by atoms with van der Waals surface area (Å²) in [5.41, 5.74) is 2.66. The molecule has 0 atom stereocenters. The Balaban J connectivity index is 1.32. The third kappa shape index (κ3) is 4.40. The molecule has 0 spiro atoms. The summed E-state index contributed by atoms with van der Waals surface area (Å²) in [4.78, 5) is 16.7. The topological polar surface area (TPSA) is 72.5 Å². The molecule has 0 saturated heterocycles. The average molecular weight is 375 g/mol. The third-order valence-corrected chi connectivity index (χ3v) is 4.44. The Labute approximate surface area is 163 Å². The van der Waals surface area contributed by atoms with Crippen LogP contribution in [0.15, 0.2) is 66.9 Å². The van der Waals surface area contributed by atoms with E-state index in [1.807, 2.05) is 36.4 Å². The lowest BCUT2D eigenvalue weighted by atomic mass is 10.1. The van der Waals surface area contributed by atoms with Crippen molar-refractivity contribution in [2.24, 2.45) is 0 Å². The second kappa shape index (κ2) is 8.43. The molecular formula is C22H21N3O3. The van der Waals surface area contributed by atoms with Crippen LogP contribution in [0.2, 0.25) is 0 Å². The molecule has 1 aliphatic heterocycles. The zero-order valence-corrected chi connectivity index (χ0v) is 15.4. The van der Waals surface area contributed by atoms with E-state index in [2.05, 4.69) is 27.8 Å². The Morgan fingerprint density at radius 2 is 1.86 bits per heavy atom. The number of rotatable bonds is 7. The van der Waals surface area contributed by atoms with E-state index in [9.17, 15) is 4.79 Å². The van der Waals surface area contributed by atoms with Gasteiger partial charge < -0.3 is 20.1 Å². The van der Waals surface area contributed by atoms with Gasteiger partial charge in [0.2, 0.25) is 6.79 Å². The van der Waals surface area contributed by atoms with E-state index >= 15 is 0 Å². The average Bonchev–Trinajstić information content (AvgIpc) is 3.20. The highest BCUT2D eigenvalue weighted by Crippen LogP contribution is 2.34. The lowest BCUT2D eigenvalue weighted by Gasteiger charge is -2.09. The van der Waals surface area contributed by atoms with Gasteiger partial charge in [0, 0.05) is 30.1 Å². The van der Waals surface area contributed by atoms with Crippen molar-refractivity contribution >= 4 is 17.4 Å². The number of aryl methyl sites for hydroxylation is 1. The molecule has 1 amide bonds. The van der Waals surface area contributed by atoms with Crippen LogP contribution in [0.25, 0.3) is 0 Å². The molecule has 4 rings (SSSR count). The number of nitrogens with one attached hydrogen (secondary N) is 2. The molecule has 2 aromatic carbocycles. The Morgan fingerprint density at radius 3 is 2.75 bits per heavy atom. The molecule has 0 fully saturated rings. The largest absolute Gasteiger partial charge is 0.454 e. The van der Waals surface area contributed by atoms with E-state index in [1.165, 1.54) is 5.56 Å². The standard InChI is InChI=1S/C22H21N3O3/c26-22(24-11-4-7-16-5-2-1-3-6-16)17-10-12-23-21(13-17)25-18-8-9-19-20(14-18)28-15-27-19/h1-3,5-6,8-10,12-14H,4,7,11,15H2,(H,23,25)(H,24,26). The van der Waals surface area contributed by atoms with Crippen LogP contribution in [0.5, 0.6) is 11.5 Å². The number of nitrogens with zero attached hydrogens (tertiary/aromatic N) is 1. The molecule has 2 N–H and O–H groups in total. The van der Waals surface area contributed by atoms with Crippen LogP contribution in [-0.2, 0) is 6.42 Å². The van der Waals surface area contributed by atoms with Crippen LogP contribution in [0.3, 0.4) is 0 Å². The van der Waals surface area contributed by atoms with Crippen molar-refractivity contribution in [1.29, 1.82) is 0 Å². The van der Waals surface area contributed by atoms with E-state index < -0.39 is 0 Å². The molecule has 0 radical (unpaired) electrons. The maximum Gasteiger partial charge on any atom is 0.251 e. The van der Waals surface area contributed by atoms with E-state index in [0.29, 0.717) is 23.7 Å². The fourth-order valence-electron chi connectivity index (χ4n) is 3.00. The Kier molecular flexibility index (Phi) is 5.38. The van der Waals surface area contributed by atoms with E-state index in [-0.39, 0.29) is 12.7 Å². The van der Waals surface area contributed by atoms with Crippen molar-refractivity contribution in [3.63, 3.8) is 0 Å². The quantitative estimate of drug-likeness (QED) is 0.613. The molecule has 0 saturated carbocycles. The molecule has 0 bridgehead atoms. The van der Waals surface area contributed by atoms with Gasteiger partial charge in [0.05, 0.1) is 0 Å². The van der Waals surface area contributed by atoms with Gasteiger partial charge in [0.15, 0.2) is 11.5 Å². The summed E-state index contributed by atoms with van der Waals surface area (Å²) in [5.74, 6) is 1.90. The van der Waals surface area contributed by atoms with Crippen molar-refractivity contribution in [2.45, 2.75) is 12.8 Å². The highest BCUT2D eigenvalue weighted by Gasteiger charge is 2.13. The summed E-state index contributed by atoms with van der Waals surface area (Å²) >= 11 is 0. The van der Waals surface area contributed by atoms with E-state index in [0.717, 1.165) is 24.3 Å². The smallest absolute Gasteiger partial charge is 0.251 e. The van der Waals surface area contributed by atoms with Gasteiger partial charge in [0.25, 0.3) is 5.91 Å². The maximum absolute atomic E-state index is 12.4. The zero-order chi connectivity index (χ0) is 19.2. The number of anilines is 2. The first-order valence-electron chi connectivity index (χ1n) is 9.23. The molecule has 6 nitrogen and oxygen atoms in total. The molecular weight excluding hydrogens is 354 g/mol. The van der Waals surface area contributed by atoms with E-state index in [4.69, 9.17) is 9.47 Å². The molecule has 28 heavy (non-hydrogen) atoms. The van der Waals surface area contributed by atoms with Crippen molar-refractivity contribution in [3.8, 4) is 11.5 Å². The number of aromatic nitrogens is 1. The minimum atomic E-state index is -0.107. The van der Waals surface area contributed by atoms with Gasteiger partial charge in [-0.3, -0.25) is 4.79 Å². The summed E-state index contributed by atoms with van der Waals surface area (Å²) in [5, 5.41) is 6.15. The highest BCUT2D eigenvalue weighted by atomic mass is 16.7. The van der Waals surface area contributed by atoms with Crippen LogP contribution < -0.4 is 20.1 Å². The number of hydrogen-bond acceptors (Lipinski definition) is 5. The summed E-state index contributed by atoms with van der Waals surface area (Å²) in [6.07, 6.45) is 3.45. The lowest BCUT2D eigenvalue weighted by Crippen LogP contribution is -2.24. The molecule has 3 aromatic rings. The summed E-state index contributed by atoms with van der Waals surface area (Å²) < 4.78 is 10.7. The predicted octanol–water partition coefficient (Wildman–Crippen LogP) is 3.92. The number of fused-ring (bicyclic) bond motifs is 1. The second-order valence-corrected chi connectivity index (χ2v) is 6.47. The third-order valence-electron chi connectivity index (χ3n) is 4.44. The van der Waals surface area contributed by atoms with Crippen LogP contribution in [0.1, 0.15) is 22.3 Å². The number of amides is 1. The minimum Gasteiger partial charge on any atom is -0.454 e. The first-order valence-corrected chi connectivity index (χ1v) is 9.23. The first kappa shape index (κ1) is 17.9. The number of carbonyl (C=O) groups is 1. The fraction of sp³-hybridized carbons (Fsp3) is 0.182. The van der Waals surface area contributed by atoms with Crippen molar-refractivity contribution in [2.75, 3.05) is 18.7 Å². The zero-order valence-electron chi connectivity index (χ0n) is 15.4. The van der Waals surface area contributed by atoms with Crippen LogP contribution in [0, 0.1) is 0 Å². The van der Waals surface area contributed by atoms with Gasteiger partial charge in [-0.2, -0.15) is 0 Å². The summed E-state index contributed by atoms with van der Waals surface area (Å²) in [7, 11) is 0. The molecule has 1 aromatic heterocycles. The number of carbonyl (C=O) groups excluding carboxylic acids is 1. The van der Waals surface area contributed by atoms with Gasteiger partial charge in [0.1, 0.15) is 5.82 Å². The molecule has 0 unspecified atom stereocenters. The van der Waals surface area contributed by atoms with Gasteiger partial charge >= 0.3 is 0 Å². The van der Waals surface area contributed by atoms with Crippen molar-refractivity contribution in [1.82, 2.24) is 10.3 Å². The monoisotopic (exact) mass is 375 g/mol. The Bertz CT molecular complexity index is 960. The maximum atomic E-state index is 12.4. The molecule has 2 heterocycles. The van der Waals surface area contributed by atoms with Gasteiger partial charge in [-0.15, -0.1) is 0 Å². The lowest BCUT2D eigenvalue weighted by molar-refractivity contribution is 0.0953. The van der Waals surface area contributed by atoms with Crippen molar-refractivity contribution in [3.05, 3.63) is 78.0 Å². The summed E-state index contributed by atoms with van der Waals surface area (Å²) in [6.45, 7) is 0.859. The summed E-state index contributed by atoms with van der Waals surface area (Å²) in [6, 6.07) is 19.3. The SMILES string of the molecule is O=C(NCCCc1ccccc1)c1ccnc(Nc2ccc3c(c2)OCO3)c1. The number of ether oxygens (including phenoxy) is 2. The minimum absolute atomic E-state index is 0.107. The highest BCUT2D eigenvalue weighted by molar-refractivity contribution is 5.94.